The Morgan fingerprint density at radius 1 is 1.12 bits per heavy atom. The normalized spacial score (nSPS) is 11.0. The summed E-state index contributed by atoms with van der Waals surface area (Å²) in [5.74, 6) is -0.0445. The summed E-state index contributed by atoms with van der Waals surface area (Å²) in [6.07, 6.45) is 0. The van der Waals surface area contributed by atoms with Gasteiger partial charge in [0.15, 0.2) is 16.8 Å². The highest BCUT2D eigenvalue weighted by Crippen LogP contribution is 2.26. The van der Waals surface area contributed by atoms with E-state index in [4.69, 9.17) is 16.0 Å². The number of H-pyrrole nitrogens is 1. The Balaban J connectivity index is 1.73. The Morgan fingerprint density at radius 2 is 1.96 bits per heavy atom. The predicted octanol–water partition coefficient (Wildman–Crippen LogP) is 4.87. The molecular weight excluding hydrogens is 345 g/mol. The van der Waals surface area contributed by atoms with Crippen molar-refractivity contribution in [3.05, 3.63) is 71.2 Å². The smallest absolute Gasteiger partial charge is 0.258 e. The van der Waals surface area contributed by atoms with Crippen molar-refractivity contribution in [2.24, 2.45) is 0 Å². The van der Waals surface area contributed by atoms with Gasteiger partial charge >= 0.3 is 0 Å². The first kappa shape index (κ1) is 15.4. The molecule has 4 rings (SSSR count). The van der Waals surface area contributed by atoms with E-state index in [-0.39, 0.29) is 10.9 Å². The van der Waals surface area contributed by atoms with Gasteiger partial charge in [0.05, 0.1) is 16.8 Å². The number of furan rings is 1. The van der Waals surface area contributed by atoms with Crippen LogP contribution in [0.1, 0.15) is 10.4 Å². The molecule has 0 bridgehead atoms. The predicted molar refractivity (Wildman–Crippen MR) is 93.2 cm³/mol. The molecule has 0 aliphatic rings. The van der Waals surface area contributed by atoms with Crippen LogP contribution in [0.2, 0.25) is 5.22 Å². The lowest BCUT2D eigenvalue weighted by Crippen LogP contribution is -2.13. The zero-order valence-electron chi connectivity index (χ0n) is 12.7. The van der Waals surface area contributed by atoms with Crippen molar-refractivity contribution in [3.63, 3.8) is 0 Å². The van der Waals surface area contributed by atoms with E-state index in [1.165, 1.54) is 12.1 Å². The second kappa shape index (κ2) is 6.07. The molecule has 2 aromatic carbocycles. The van der Waals surface area contributed by atoms with E-state index in [1.54, 1.807) is 42.5 Å². The molecule has 0 aliphatic heterocycles. The summed E-state index contributed by atoms with van der Waals surface area (Å²) in [7, 11) is 0. The number of nitrogens with one attached hydrogen (secondary N) is 2. The van der Waals surface area contributed by atoms with Gasteiger partial charge in [-0.3, -0.25) is 4.79 Å². The molecule has 0 radical (unpaired) electrons. The number of carbonyl (C=O) groups excluding carboxylic acids is 1. The molecule has 0 spiro atoms. The Bertz CT molecular complexity index is 1090. The van der Waals surface area contributed by atoms with Gasteiger partial charge in [-0.2, -0.15) is 0 Å². The van der Waals surface area contributed by atoms with Crippen LogP contribution >= 0.6 is 11.6 Å². The van der Waals surface area contributed by atoms with E-state index >= 15 is 0 Å². The fourth-order valence-corrected chi connectivity index (χ4v) is 2.67. The second-order valence-electron chi connectivity index (χ2n) is 5.32. The molecule has 0 unspecified atom stereocenters. The molecule has 0 fully saturated rings. The Labute approximate surface area is 146 Å². The third-order valence-electron chi connectivity index (χ3n) is 3.69. The van der Waals surface area contributed by atoms with Crippen molar-refractivity contribution < 1.29 is 13.6 Å². The van der Waals surface area contributed by atoms with Gasteiger partial charge < -0.3 is 14.7 Å². The Hall–Kier alpha value is -3.12. The van der Waals surface area contributed by atoms with Gasteiger partial charge in [-0.05, 0) is 48.0 Å². The van der Waals surface area contributed by atoms with E-state index in [2.05, 4.69) is 15.3 Å². The third-order valence-corrected chi connectivity index (χ3v) is 3.89. The summed E-state index contributed by atoms with van der Waals surface area (Å²) in [6, 6.07) is 14.4. The topological polar surface area (TPSA) is 70.9 Å². The van der Waals surface area contributed by atoms with Gasteiger partial charge in [0.25, 0.3) is 5.91 Å². The zero-order valence-corrected chi connectivity index (χ0v) is 13.5. The molecule has 0 aliphatic carbocycles. The van der Waals surface area contributed by atoms with Crippen molar-refractivity contribution in [1.82, 2.24) is 9.97 Å². The number of fused-ring (bicyclic) bond motifs is 1. The minimum Gasteiger partial charge on any atom is -0.441 e. The first-order valence-electron chi connectivity index (χ1n) is 7.42. The Morgan fingerprint density at radius 3 is 2.72 bits per heavy atom. The van der Waals surface area contributed by atoms with Gasteiger partial charge in [-0.25, -0.2) is 9.37 Å². The Kier molecular flexibility index (Phi) is 3.74. The first-order valence-corrected chi connectivity index (χ1v) is 7.80. The summed E-state index contributed by atoms with van der Waals surface area (Å²) in [4.78, 5) is 20.1. The molecule has 124 valence electrons. The summed E-state index contributed by atoms with van der Waals surface area (Å²) in [6.45, 7) is 0. The van der Waals surface area contributed by atoms with E-state index in [1.807, 2.05) is 0 Å². The number of halogens is 2. The molecule has 2 aromatic heterocycles. The number of imidazole rings is 1. The summed E-state index contributed by atoms with van der Waals surface area (Å²) in [5.41, 5.74) is 1.54. The number of carbonyl (C=O) groups is 1. The van der Waals surface area contributed by atoms with Crippen LogP contribution in [0.15, 0.2) is 59.0 Å². The van der Waals surface area contributed by atoms with Crippen molar-refractivity contribution in [1.29, 1.82) is 0 Å². The summed E-state index contributed by atoms with van der Waals surface area (Å²) < 4.78 is 19.1. The van der Waals surface area contributed by atoms with Crippen LogP contribution in [-0.4, -0.2) is 15.9 Å². The van der Waals surface area contributed by atoms with E-state index in [9.17, 15) is 9.18 Å². The maximum absolute atomic E-state index is 13.7. The maximum Gasteiger partial charge on any atom is 0.258 e. The zero-order chi connectivity index (χ0) is 17.4. The van der Waals surface area contributed by atoms with Crippen molar-refractivity contribution in [3.8, 4) is 11.6 Å². The molecule has 4 aromatic rings. The summed E-state index contributed by atoms with van der Waals surface area (Å²) >= 11 is 5.79. The number of aromatic nitrogens is 2. The molecule has 2 N–H and O–H groups in total. The fourth-order valence-electron chi connectivity index (χ4n) is 2.53. The van der Waals surface area contributed by atoms with E-state index < -0.39 is 11.7 Å². The average molecular weight is 356 g/mol. The molecule has 0 saturated carbocycles. The number of aromatic amines is 1. The molecule has 5 nitrogen and oxygen atoms in total. The first-order chi connectivity index (χ1) is 12.1. The monoisotopic (exact) mass is 355 g/mol. The minimum absolute atomic E-state index is 0.109. The highest BCUT2D eigenvalue weighted by atomic mass is 35.5. The van der Waals surface area contributed by atoms with E-state index in [0.717, 1.165) is 0 Å². The molecular formula is C18H11ClFN3O2. The standard InChI is InChI=1S/C18H11ClFN3O2/c19-15-9-8-14(25-15)17-21-13-7-3-4-10(16(13)23-17)18(24)22-12-6-2-1-5-11(12)20/h1-9H,(H,21,23)(H,22,24). The lowest BCUT2D eigenvalue weighted by atomic mass is 10.1. The largest absolute Gasteiger partial charge is 0.441 e. The lowest BCUT2D eigenvalue weighted by Gasteiger charge is -2.06. The van der Waals surface area contributed by atoms with Crippen LogP contribution in [0, 0.1) is 5.82 Å². The average Bonchev–Trinajstić information content (AvgIpc) is 3.22. The number of para-hydroxylation sites is 2. The number of rotatable bonds is 3. The van der Waals surface area contributed by atoms with Gasteiger partial charge in [-0.1, -0.05) is 18.2 Å². The number of benzene rings is 2. The molecule has 25 heavy (non-hydrogen) atoms. The van der Waals surface area contributed by atoms with Crippen molar-refractivity contribution >= 4 is 34.2 Å². The number of hydrogen-bond acceptors (Lipinski definition) is 3. The lowest BCUT2D eigenvalue weighted by molar-refractivity contribution is 0.102. The molecule has 2 heterocycles. The molecule has 7 heteroatoms. The fraction of sp³-hybridized carbons (Fsp3) is 0. The SMILES string of the molecule is O=C(Nc1ccccc1F)c1cccc2[nH]c(-c3ccc(Cl)o3)nc12. The van der Waals surface area contributed by atoms with Crippen LogP contribution < -0.4 is 5.32 Å². The number of anilines is 1. The van der Waals surface area contributed by atoms with Crippen LogP contribution in [-0.2, 0) is 0 Å². The van der Waals surface area contributed by atoms with Crippen molar-refractivity contribution in [2.45, 2.75) is 0 Å². The highest BCUT2D eigenvalue weighted by Gasteiger charge is 2.17. The van der Waals surface area contributed by atoms with Gasteiger partial charge in [0.1, 0.15) is 11.3 Å². The number of nitrogens with zero attached hydrogens (tertiary/aromatic N) is 1. The minimum atomic E-state index is -0.504. The number of amides is 1. The van der Waals surface area contributed by atoms with Crippen LogP contribution in [0.3, 0.4) is 0 Å². The third kappa shape index (κ3) is 2.88. The van der Waals surface area contributed by atoms with E-state index in [0.29, 0.717) is 28.2 Å². The van der Waals surface area contributed by atoms with Crippen LogP contribution in [0.25, 0.3) is 22.6 Å². The van der Waals surface area contributed by atoms with Gasteiger partial charge in [0, 0.05) is 0 Å². The second-order valence-corrected chi connectivity index (χ2v) is 5.70. The van der Waals surface area contributed by atoms with Gasteiger partial charge in [0.2, 0.25) is 0 Å². The molecule has 0 atom stereocenters. The molecule has 1 amide bonds. The quantitative estimate of drug-likeness (QED) is 0.551. The van der Waals surface area contributed by atoms with Crippen LogP contribution in [0.5, 0.6) is 0 Å². The molecule has 0 saturated heterocycles. The highest BCUT2D eigenvalue weighted by molar-refractivity contribution is 6.29. The van der Waals surface area contributed by atoms with Gasteiger partial charge in [-0.15, -0.1) is 0 Å². The maximum atomic E-state index is 13.7. The van der Waals surface area contributed by atoms with Crippen LogP contribution in [0.4, 0.5) is 10.1 Å². The van der Waals surface area contributed by atoms with Crippen molar-refractivity contribution in [2.75, 3.05) is 5.32 Å². The number of hydrogen-bond donors (Lipinski definition) is 2. The summed E-state index contributed by atoms with van der Waals surface area (Å²) in [5, 5.41) is 2.80.